The number of fused-ring (bicyclic) bond motifs is 1. The van der Waals surface area contributed by atoms with Crippen molar-refractivity contribution in [3.63, 3.8) is 0 Å². The highest BCUT2D eigenvalue weighted by Crippen LogP contribution is 2.40. The molecule has 30 heavy (non-hydrogen) atoms. The van der Waals surface area contributed by atoms with Gasteiger partial charge in [0.15, 0.2) is 16.6 Å². The van der Waals surface area contributed by atoms with Gasteiger partial charge in [0.2, 0.25) is 11.7 Å². The molecule has 2 amide bonds. The van der Waals surface area contributed by atoms with Crippen molar-refractivity contribution in [3.05, 3.63) is 28.3 Å². The molecule has 2 aromatic rings. The molecular weight excluding hydrogens is 406 g/mol. The number of nitrogens with one attached hydrogen (secondary N) is 1. The monoisotopic (exact) mass is 433 g/mol. The van der Waals surface area contributed by atoms with E-state index in [0.717, 1.165) is 10.6 Å². The molecule has 1 aromatic carbocycles. The molecule has 0 fully saturated rings. The lowest BCUT2D eigenvalue weighted by atomic mass is 10.1. The number of ether oxygens (including phenoxy) is 3. The molecule has 0 bridgehead atoms. The number of anilines is 1. The zero-order valence-corrected chi connectivity index (χ0v) is 18.6. The Morgan fingerprint density at radius 1 is 1.10 bits per heavy atom. The van der Waals surface area contributed by atoms with Gasteiger partial charge in [-0.25, -0.2) is 4.98 Å². The molecule has 0 aliphatic carbocycles. The number of aromatic nitrogens is 1. The molecule has 1 aromatic heterocycles. The third-order valence-corrected chi connectivity index (χ3v) is 5.46. The molecule has 0 saturated heterocycles. The number of hydrogen-bond acceptors (Lipinski definition) is 7. The predicted molar refractivity (Wildman–Crippen MR) is 115 cm³/mol. The number of carbonyl (C=O) groups excluding carboxylic acids is 2. The van der Waals surface area contributed by atoms with E-state index in [0.29, 0.717) is 67.3 Å². The van der Waals surface area contributed by atoms with E-state index in [9.17, 15) is 9.59 Å². The molecule has 0 spiro atoms. The second-order valence-electron chi connectivity index (χ2n) is 6.65. The molecule has 8 nitrogen and oxygen atoms in total. The first-order chi connectivity index (χ1) is 14.5. The summed E-state index contributed by atoms with van der Waals surface area (Å²) in [6, 6.07) is 3.43. The van der Waals surface area contributed by atoms with E-state index in [-0.39, 0.29) is 11.8 Å². The summed E-state index contributed by atoms with van der Waals surface area (Å²) in [6.07, 6.45) is 0.644. The molecule has 1 N–H and O–H groups in total. The Kier molecular flexibility index (Phi) is 7.15. The number of carbonyl (C=O) groups is 2. The largest absolute Gasteiger partial charge is 0.490 e. The number of amides is 2. The maximum atomic E-state index is 13.3. The van der Waals surface area contributed by atoms with Crippen molar-refractivity contribution < 1.29 is 23.8 Å². The van der Waals surface area contributed by atoms with Crippen molar-refractivity contribution in [1.82, 2.24) is 9.88 Å². The lowest BCUT2D eigenvalue weighted by Gasteiger charge is -2.27. The molecule has 1 aliphatic rings. The maximum Gasteiger partial charge on any atom is 0.254 e. The summed E-state index contributed by atoms with van der Waals surface area (Å²) in [6.45, 7) is 9.47. The van der Waals surface area contributed by atoms with Gasteiger partial charge in [0.05, 0.1) is 32.1 Å². The van der Waals surface area contributed by atoms with Crippen LogP contribution in [-0.2, 0) is 17.8 Å². The number of rotatable bonds is 8. The van der Waals surface area contributed by atoms with Crippen LogP contribution in [0.2, 0.25) is 0 Å². The molecular formula is C21H27N3O5S. The highest BCUT2D eigenvalue weighted by molar-refractivity contribution is 7.15. The van der Waals surface area contributed by atoms with Crippen LogP contribution in [0.25, 0.3) is 0 Å². The van der Waals surface area contributed by atoms with Gasteiger partial charge in [-0.15, -0.1) is 0 Å². The lowest BCUT2D eigenvalue weighted by molar-refractivity contribution is -0.114. The van der Waals surface area contributed by atoms with E-state index in [2.05, 4.69) is 10.3 Å². The normalized spacial score (nSPS) is 12.9. The Bertz CT molecular complexity index is 900. The van der Waals surface area contributed by atoms with E-state index in [1.807, 2.05) is 20.8 Å². The quantitative estimate of drug-likeness (QED) is 0.685. The Morgan fingerprint density at radius 3 is 2.30 bits per heavy atom. The number of benzene rings is 1. The zero-order valence-electron chi connectivity index (χ0n) is 17.7. The molecule has 0 atom stereocenters. The molecule has 3 rings (SSSR count). The Hall–Kier alpha value is -2.81. The van der Waals surface area contributed by atoms with Crippen LogP contribution in [0.3, 0.4) is 0 Å². The summed E-state index contributed by atoms with van der Waals surface area (Å²) < 4.78 is 17.2. The van der Waals surface area contributed by atoms with E-state index < -0.39 is 0 Å². The van der Waals surface area contributed by atoms with Gasteiger partial charge in [-0.05, 0) is 32.9 Å². The van der Waals surface area contributed by atoms with Crippen LogP contribution in [0.4, 0.5) is 5.13 Å². The summed E-state index contributed by atoms with van der Waals surface area (Å²) in [4.78, 5) is 31.8. The molecule has 1 aliphatic heterocycles. The van der Waals surface area contributed by atoms with Crippen molar-refractivity contribution in [2.45, 2.75) is 40.7 Å². The molecule has 162 valence electrons. The molecule has 0 saturated carbocycles. The van der Waals surface area contributed by atoms with Gasteiger partial charge in [0.25, 0.3) is 5.91 Å². The summed E-state index contributed by atoms with van der Waals surface area (Å²) in [5, 5.41) is 3.29. The minimum Gasteiger partial charge on any atom is -0.490 e. The van der Waals surface area contributed by atoms with Crippen LogP contribution >= 0.6 is 11.3 Å². The Morgan fingerprint density at radius 2 is 1.73 bits per heavy atom. The van der Waals surface area contributed by atoms with E-state index >= 15 is 0 Å². The number of hydrogen-bond donors (Lipinski definition) is 1. The van der Waals surface area contributed by atoms with Crippen molar-refractivity contribution in [2.24, 2.45) is 0 Å². The van der Waals surface area contributed by atoms with E-state index in [4.69, 9.17) is 14.2 Å². The first-order valence-electron chi connectivity index (χ1n) is 10.1. The minimum absolute atomic E-state index is 0.111. The Labute approximate surface area is 180 Å². The van der Waals surface area contributed by atoms with Gasteiger partial charge >= 0.3 is 0 Å². The van der Waals surface area contributed by atoms with Gasteiger partial charge in [0.1, 0.15) is 0 Å². The third kappa shape index (κ3) is 4.84. The summed E-state index contributed by atoms with van der Waals surface area (Å²) in [5.74, 6) is 1.24. The molecule has 0 radical (unpaired) electrons. The third-order valence-electron chi connectivity index (χ3n) is 4.46. The summed E-state index contributed by atoms with van der Waals surface area (Å²) in [7, 11) is 0. The van der Waals surface area contributed by atoms with Crippen LogP contribution in [-0.4, -0.2) is 48.1 Å². The first kappa shape index (κ1) is 21.9. The van der Waals surface area contributed by atoms with Crippen LogP contribution in [0.1, 0.15) is 48.6 Å². The number of nitrogens with zero attached hydrogens (tertiary/aromatic N) is 2. The summed E-state index contributed by atoms with van der Waals surface area (Å²) in [5.41, 5.74) is 1.42. The summed E-state index contributed by atoms with van der Waals surface area (Å²) >= 11 is 1.41. The SMILES string of the molecule is CCOc1cc(C(=O)N2CCc3nc(NC(C)=O)sc3C2)cc(OCC)c1OCC. The van der Waals surface area contributed by atoms with Crippen LogP contribution in [0, 0.1) is 0 Å². The van der Waals surface area contributed by atoms with Gasteiger partial charge in [0, 0.05) is 30.3 Å². The molecule has 2 heterocycles. The average molecular weight is 434 g/mol. The highest BCUT2D eigenvalue weighted by Gasteiger charge is 2.27. The van der Waals surface area contributed by atoms with Crippen molar-refractivity contribution >= 4 is 28.3 Å². The standard InChI is InChI=1S/C21H27N3O5S/c1-5-27-16-10-14(11-17(28-6-2)19(16)29-7-3)20(26)24-9-8-15-18(12-24)30-21(23-15)22-13(4)25/h10-11H,5-9,12H2,1-4H3,(H,22,23,25). The van der Waals surface area contributed by atoms with Crippen LogP contribution in [0.15, 0.2) is 12.1 Å². The number of thiazole rings is 1. The smallest absolute Gasteiger partial charge is 0.254 e. The van der Waals surface area contributed by atoms with E-state index in [1.54, 1.807) is 17.0 Å². The topological polar surface area (TPSA) is 90.0 Å². The minimum atomic E-state index is -0.157. The van der Waals surface area contributed by atoms with Gasteiger partial charge in [-0.3, -0.25) is 9.59 Å². The first-order valence-corrected chi connectivity index (χ1v) is 10.9. The van der Waals surface area contributed by atoms with Crippen LogP contribution in [0.5, 0.6) is 17.2 Å². The lowest BCUT2D eigenvalue weighted by Crippen LogP contribution is -2.35. The van der Waals surface area contributed by atoms with Crippen LogP contribution < -0.4 is 19.5 Å². The van der Waals surface area contributed by atoms with Gasteiger partial charge in [-0.1, -0.05) is 11.3 Å². The highest BCUT2D eigenvalue weighted by atomic mass is 32.1. The van der Waals surface area contributed by atoms with Gasteiger partial charge in [-0.2, -0.15) is 0 Å². The van der Waals surface area contributed by atoms with Crippen molar-refractivity contribution in [3.8, 4) is 17.2 Å². The predicted octanol–water partition coefficient (Wildman–Crippen LogP) is 3.50. The fraction of sp³-hybridized carbons (Fsp3) is 0.476. The van der Waals surface area contributed by atoms with Crippen molar-refractivity contribution in [2.75, 3.05) is 31.7 Å². The molecule has 9 heteroatoms. The zero-order chi connectivity index (χ0) is 21.7. The maximum absolute atomic E-state index is 13.3. The fourth-order valence-electron chi connectivity index (χ4n) is 3.27. The second kappa shape index (κ2) is 9.80. The fourth-order valence-corrected chi connectivity index (χ4v) is 4.34. The Balaban J connectivity index is 1.87. The second-order valence-corrected chi connectivity index (χ2v) is 7.73. The van der Waals surface area contributed by atoms with Crippen molar-refractivity contribution in [1.29, 1.82) is 0 Å². The average Bonchev–Trinajstić information content (AvgIpc) is 3.10. The van der Waals surface area contributed by atoms with Gasteiger partial charge < -0.3 is 24.4 Å². The molecule has 0 unspecified atom stereocenters. The van der Waals surface area contributed by atoms with E-state index in [1.165, 1.54) is 18.3 Å².